The molecule has 1 aromatic carbocycles. The van der Waals surface area contributed by atoms with Gasteiger partial charge in [0.2, 0.25) is 0 Å². The van der Waals surface area contributed by atoms with E-state index in [0.29, 0.717) is 10.6 Å². The second-order valence-electron chi connectivity index (χ2n) is 5.91. The number of carbonyl (C=O) groups excluding carboxylic acids is 2. The van der Waals surface area contributed by atoms with Gasteiger partial charge in [0.15, 0.2) is 5.11 Å². The quantitative estimate of drug-likeness (QED) is 0.595. The standard InChI is InChI=1S/C18H16F2N2O3S2/c1-25-17(24)13-9-5-2-3-8-12(9)27-16(13)22-18(26)21-15(23)14-10(19)6-4-7-11(14)20/h4,6-7H,2-3,5,8H2,1H3,(H2,21,22,23,26). The molecule has 1 heterocycles. The van der Waals surface area contributed by atoms with Crippen molar-refractivity contribution in [2.24, 2.45) is 0 Å². The van der Waals surface area contributed by atoms with Crippen LogP contribution in [-0.2, 0) is 17.6 Å². The summed E-state index contributed by atoms with van der Waals surface area (Å²) in [4.78, 5) is 25.4. The summed E-state index contributed by atoms with van der Waals surface area (Å²) < 4.78 is 32.3. The summed E-state index contributed by atoms with van der Waals surface area (Å²) in [6.45, 7) is 0. The van der Waals surface area contributed by atoms with Gasteiger partial charge in [-0.05, 0) is 55.6 Å². The molecule has 0 spiro atoms. The number of thiocarbonyl (C=S) groups is 1. The zero-order chi connectivity index (χ0) is 19.6. The maximum atomic E-state index is 13.7. The fraction of sp³-hybridized carbons (Fsp3) is 0.278. The highest BCUT2D eigenvalue weighted by Crippen LogP contribution is 2.38. The molecule has 3 rings (SSSR count). The van der Waals surface area contributed by atoms with Crippen LogP contribution in [0, 0.1) is 11.6 Å². The topological polar surface area (TPSA) is 67.4 Å². The van der Waals surface area contributed by atoms with E-state index in [9.17, 15) is 18.4 Å². The third-order valence-corrected chi connectivity index (χ3v) is 5.62. The van der Waals surface area contributed by atoms with Gasteiger partial charge in [0, 0.05) is 4.88 Å². The van der Waals surface area contributed by atoms with E-state index in [1.807, 2.05) is 0 Å². The van der Waals surface area contributed by atoms with Gasteiger partial charge in [-0.2, -0.15) is 0 Å². The van der Waals surface area contributed by atoms with Gasteiger partial charge in [-0.1, -0.05) is 6.07 Å². The molecule has 0 fully saturated rings. The van der Waals surface area contributed by atoms with Crippen molar-refractivity contribution in [3.05, 3.63) is 51.4 Å². The lowest BCUT2D eigenvalue weighted by Gasteiger charge is -2.12. The average molecular weight is 410 g/mol. The molecule has 0 radical (unpaired) electrons. The molecule has 0 atom stereocenters. The molecule has 0 aliphatic heterocycles. The van der Waals surface area contributed by atoms with Crippen molar-refractivity contribution in [1.82, 2.24) is 5.32 Å². The lowest BCUT2D eigenvalue weighted by atomic mass is 9.95. The number of rotatable bonds is 3. The van der Waals surface area contributed by atoms with Gasteiger partial charge < -0.3 is 10.1 Å². The van der Waals surface area contributed by atoms with Crippen LogP contribution in [0.15, 0.2) is 18.2 Å². The fourth-order valence-electron chi connectivity index (χ4n) is 2.99. The number of thiophene rings is 1. The van der Waals surface area contributed by atoms with E-state index in [0.717, 1.165) is 54.3 Å². The number of halogens is 2. The van der Waals surface area contributed by atoms with Gasteiger partial charge in [-0.3, -0.25) is 10.1 Å². The molecule has 27 heavy (non-hydrogen) atoms. The molecule has 0 saturated carbocycles. The number of carbonyl (C=O) groups is 2. The first-order valence-electron chi connectivity index (χ1n) is 8.21. The second kappa shape index (κ2) is 8.10. The van der Waals surface area contributed by atoms with Crippen LogP contribution in [-0.4, -0.2) is 24.1 Å². The first-order valence-corrected chi connectivity index (χ1v) is 9.44. The molecule has 1 aliphatic rings. The summed E-state index contributed by atoms with van der Waals surface area (Å²) in [5.41, 5.74) is 0.598. The highest BCUT2D eigenvalue weighted by Gasteiger charge is 2.27. The molecule has 1 amide bonds. The Bertz CT molecular complexity index is 907. The van der Waals surface area contributed by atoms with E-state index in [1.165, 1.54) is 18.4 Å². The number of amides is 1. The Balaban J connectivity index is 1.81. The van der Waals surface area contributed by atoms with E-state index in [-0.39, 0.29) is 5.11 Å². The summed E-state index contributed by atoms with van der Waals surface area (Å²) in [6.07, 6.45) is 3.62. The predicted octanol–water partition coefficient (Wildman–Crippen LogP) is 3.82. The number of fused-ring (bicyclic) bond motifs is 1. The highest BCUT2D eigenvalue weighted by atomic mass is 32.1. The molecule has 142 valence electrons. The third kappa shape index (κ3) is 3.98. The van der Waals surface area contributed by atoms with Gasteiger partial charge in [0.1, 0.15) is 22.2 Å². The van der Waals surface area contributed by atoms with Crippen LogP contribution in [0.25, 0.3) is 0 Å². The second-order valence-corrected chi connectivity index (χ2v) is 7.42. The largest absolute Gasteiger partial charge is 0.465 e. The SMILES string of the molecule is COC(=O)c1c(NC(=S)NC(=O)c2c(F)cccc2F)sc2c1CCCC2. The van der Waals surface area contributed by atoms with Crippen LogP contribution in [0.5, 0.6) is 0 Å². The Morgan fingerprint density at radius 1 is 1.15 bits per heavy atom. The molecule has 2 aromatic rings. The summed E-state index contributed by atoms with van der Waals surface area (Å²) in [7, 11) is 1.29. The molecule has 9 heteroatoms. The molecule has 0 bridgehead atoms. The van der Waals surface area contributed by atoms with Crippen LogP contribution in [0.1, 0.15) is 44.0 Å². The van der Waals surface area contributed by atoms with Gasteiger partial charge in [0.05, 0.1) is 12.7 Å². The number of aryl methyl sites for hydroxylation is 1. The Morgan fingerprint density at radius 2 is 1.81 bits per heavy atom. The van der Waals surface area contributed by atoms with Crippen molar-refractivity contribution in [3.8, 4) is 0 Å². The minimum atomic E-state index is -1.01. The number of methoxy groups -OCH3 is 1. The Kier molecular flexibility index (Phi) is 5.81. The van der Waals surface area contributed by atoms with E-state index < -0.39 is 29.1 Å². The summed E-state index contributed by atoms with van der Waals surface area (Å²) in [5.74, 6) is -3.48. The zero-order valence-electron chi connectivity index (χ0n) is 14.4. The van der Waals surface area contributed by atoms with Crippen molar-refractivity contribution in [2.45, 2.75) is 25.7 Å². The summed E-state index contributed by atoms with van der Waals surface area (Å²) in [5, 5.41) is 5.33. The first kappa shape index (κ1) is 19.4. The van der Waals surface area contributed by atoms with Crippen molar-refractivity contribution < 1.29 is 23.1 Å². The normalized spacial score (nSPS) is 12.9. The van der Waals surface area contributed by atoms with Crippen LogP contribution >= 0.6 is 23.6 Å². The number of ether oxygens (including phenoxy) is 1. The molecule has 0 saturated heterocycles. The first-order chi connectivity index (χ1) is 12.9. The van der Waals surface area contributed by atoms with Gasteiger partial charge >= 0.3 is 5.97 Å². The molecule has 5 nitrogen and oxygen atoms in total. The lowest BCUT2D eigenvalue weighted by molar-refractivity contribution is 0.0601. The number of nitrogens with one attached hydrogen (secondary N) is 2. The number of anilines is 1. The van der Waals surface area contributed by atoms with Crippen molar-refractivity contribution in [1.29, 1.82) is 0 Å². The maximum absolute atomic E-state index is 13.7. The zero-order valence-corrected chi connectivity index (χ0v) is 16.0. The Morgan fingerprint density at radius 3 is 2.48 bits per heavy atom. The lowest BCUT2D eigenvalue weighted by Crippen LogP contribution is -2.35. The van der Waals surface area contributed by atoms with E-state index in [2.05, 4.69) is 10.6 Å². The van der Waals surface area contributed by atoms with E-state index >= 15 is 0 Å². The fourth-order valence-corrected chi connectivity index (χ4v) is 4.53. The van der Waals surface area contributed by atoms with Crippen LogP contribution in [0.3, 0.4) is 0 Å². The van der Waals surface area contributed by atoms with Gasteiger partial charge in [-0.25, -0.2) is 13.6 Å². The molecule has 0 unspecified atom stereocenters. The van der Waals surface area contributed by atoms with E-state index in [1.54, 1.807) is 0 Å². The number of benzene rings is 1. The highest BCUT2D eigenvalue weighted by molar-refractivity contribution is 7.80. The molecule has 1 aromatic heterocycles. The van der Waals surface area contributed by atoms with Gasteiger partial charge in [-0.15, -0.1) is 11.3 Å². The summed E-state index contributed by atoms with van der Waals surface area (Å²) in [6, 6.07) is 3.13. The Hall–Kier alpha value is -2.39. The molecular formula is C18H16F2N2O3S2. The van der Waals surface area contributed by atoms with Crippen LogP contribution < -0.4 is 10.6 Å². The monoisotopic (exact) mass is 410 g/mol. The number of hydrogen-bond donors (Lipinski definition) is 2. The van der Waals surface area contributed by atoms with Crippen LogP contribution in [0.4, 0.5) is 13.8 Å². The average Bonchev–Trinajstić information content (AvgIpc) is 2.98. The number of esters is 1. The van der Waals surface area contributed by atoms with Crippen LogP contribution in [0.2, 0.25) is 0 Å². The van der Waals surface area contributed by atoms with Crippen molar-refractivity contribution >= 4 is 45.5 Å². The minimum absolute atomic E-state index is 0.161. The van der Waals surface area contributed by atoms with Gasteiger partial charge in [0.25, 0.3) is 5.91 Å². The molecular weight excluding hydrogens is 394 g/mol. The third-order valence-electron chi connectivity index (χ3n) is 4.20. The van der Waals surface area contributed by atoms with E-state index in [4.69, 9.17) is 17.0 Å². The van der Waals surface area contributed by atoms with Crippen molar-refractivity contribution in [3.63, 3.8) is 0 Å². The molecule has 2 N–H and O–H groups in total. The van der Waals surface area contributed by atoms with Crippen molar-refractivity contribution in [2.75, 3.05) is 12.4 Å². The smallest absolute Gasteiger partial charge is 0.341 e. The summed E-state index contributed by atoms with van der Waals surface area (Å²) >= 11 is 6.45. The number of hydrogen-bond acceptors (Lipinski definition) is 5. The minimum Gasteiger partial charge on any atom is -0.465 e. The predicted molar refractivity (Wildman–Crippen MR) is 102 cm³/mol. The molecule has 1 aliphatic carbocycles. The Labute approximate surface area is 163 Å². The maximum Gasteiger partial charge on any atom is 0.341 e.